The summed E-state index contributed by atoms with van der Waals surface area (Å²) in [5.74, 6) is -6.37. The standard InChI is InChI=1S/C41H50F5N5O10S/c1-23-8-4-5-9-26-20-39(26,36(54)49-62(57,58)38(22-42)12-13-38)48-33(52)30-18-27(61-34-28-19-29(43)31(59-3)17-25(28)10-14-47-34)21-50(30)35(53)32(24(2)16-23)51(37(55)56)40(41(44,45)46)11-6-7-15-60-40/h5,9-10,14,17,19,23-24,26-27,30,32H,4,6-8,11-13,15-16,18,20-22H2,1-3H3,(H,48,52)(H,49,54)(H,55,56)/b9-5-/t23-,24+,26+,27+,30-,32-,39+,40?/m0/s1. The number of alkyl halides is 4. The molecule has 62 heavy (non-hydrogen) atoms. The van der Waals surface area contributed by atoms with Gasteiger partial charge in [0.2, 0.25) is 33.4 Å². The van der Waals surface area contributed by atoms with E-state index in [1.165, 1.54) is 26.3 Å². The molecule has 3 aliphatic heterocycles. The molecular formula is C41H50F5N5O10S. The van der Waals surface area contributed by atoms with E-state index in [0.29, 0.717) is 18.2 Å². The molecule has 340 valence electrons. The Labute approximate surface area is 354 Å². The van der Waals surface area contributed by atoms with Crippen LogP contribution in [0, 0.1) is 23.6 Å². The Morgan fingerprint density at radius 2 is 1.89 bits per heavy atom. The van der Waals surface area contributed by atoms with Crippen LogP contribution in [0.3, 0.4) is 0 Å². The van der Waals surface area contributed by atoms with Crippen molar-refractivity contribution in [3.8, 4) is 11.6 Å². The molecule has 3 N–H and O–H groups in total. The van der Waals surface area contributed by atoms with E-state index in [1.807, 2.05) is 4.72 Å². The van der Waals surface area contributed by atoms with Gasteiger partial charge in [0, 0.05) is 36.9 Å². The van der Waals surface area contributed by atoms with Crippen molar-refractivity contribution in [2.45, 2.75) is 118 Å². The fraction of sp³-hybridized carbons (Fsp3) is 0.634. The van der Waals surface area contributed by atoms with Crippen LogP contribution in [0.15, 0.2) is 36.5 Å². The molecule has 4 amide bonds. The van der Waals surface area contributed by atoms with E-state index in [2.05, 4.69) is 10.3 Å². The molecule has 4 fully saturated rings. The number of rotatable bonds is 9. The average molecular weight is 900 g/mol. The van der Waals surface area contributed by atoms with Gasteiger partial charge in [-0.2, -0.15) is 13.2 Å². The number of nitrogens with one attached hydrogen (secondary N) is 2. The van der Waals surface area contributed by atoms with Gasteiger partial charge in [0.1, 0.15) is 35.1 Å². The van der Waals surface area contributed by atoms with Crippen LogP contribution in [0.2, 0.25) is 0 Å². The Balaban J connectivity index is 1.31. The fourth-order valence-corrected chi connectivity index (χ4v) is 10.7. The lowest BCUT2D eigenvalue weighted by Gasteiger charge is -2.49. The molecule has 0 spiro atoms. The summed E-state index contributed by atoms with van der Waals surface area (Å²) in [5.41, 5.74) is -5.31. The highest BCUT2D eigenvalue weighted by Crippen LogP contribution is 2.49. The average Bonchev–Trinajstić information content (AvgIpc) is 4.12. The minimum absolute atomic E-state index is 0.0210. The van der Waals surface area contributed by atoms with Gasteiger partial charge in [-0.25, -0.2) is 27.0 Å². The van der Waals surface area contributed by atoms with Crippen LogP contribution in [0.4, 0.5) is 26.7 Å². The predicted molar refractivity (Wildman–Crippen MR) is 210 cm³/mol. The highest BCUT2D eigenvalue weighted by atomic mass is 32.2. The number of carbonyl (C=O) groups is 4. The first kappa shape index (κ1) is 45.2. The molecule has 21 heteroatoms. The van der Waals surface area contributed by atoms with E-state index in [0.717, 1.165) is 11.0 Å². The van der Waals surface area contributed by atoms with E-state index >= 15 is 18.0 Å². The predicted octanol–water partition coefficient (Wildman–Crippen LogP) is 5.37. The highest BCUT2D eigenvalue weighted by Gasteiger charge is 2.67. The number of fused-ring (bicyclic) bond motifs is 3. The van der Waals surface area contributed by atoms with Gasteiger partial charge in [0.05, 0.1) is 13.7 Å². The quantitative estimate of drug-likeness (QED) is 0.216. The van der Waals surface area contributed by atoms with Crippen LogP contribution in [-0.4, -0.2) is 119 Å². The van der Waals surface area contributed by atoms with Crippen LogP contribution in [0.5, 0.6) is 11.6 Å². The molecule has 2 aliphatic carbocycles. The molecule has 1 aromatic heterocycles. The number of allylic oxidation sites excluding steroid dienone is 1. The number of sulfonamides is 1. The van der Waals surface area contributed by atoms with Crippen molar-refractivity contribution in [1.29, 1.82) is 0 Å². The zero-order valence-corrected chi connectivity index (χ0v) is 35.2. The lowest BCUT2D eigenvalue weighted by molar-refractivity contribution is -0.341. The number of benzene rings is 1. The van der Waals surface area contributed by atoms with Crippen molar-refractivity contribution >= 4 is 44.6 Å². The van der Waals surface area contributed by atoms with Crippen molar-refractivity contribution < 1.29 is 68.9 Å². The Morgan fingerprint density at radius 1 is 1.15 bits per heavy atom. The number of nitrogens with zero attached hydrogens (tertiary/aromatic N) is 3. The maximum atomic E-state index is 15.3. The summed E-state index contributed by atoms with van der Waals surface area (Å²) in [6.07, 6.45) is -4.07. The number of ether oxygens (including phenoxy) is 3. The first-order valence-corrected chi connectivity index (χ1v) is 22.1. The highest BCUT2D eigenvalue weighted by molar-refractivity contribution is 7.91. The van der Waals surface area contributed by atoms with Crippen LogP contribution in [-0.2, 0) is 29.1 Å². The van der Waals surface area contributed by atoms with Crippen LogP contribution < -0.4 is 19.5 Å². The first-order valence-electron chi connectivity index (χ1n) is 20.7. The Kier molecular flexibility index (Phi) is 12.2. The summed E-state index contributed by atoms with van der Waals surface area (Å²) < 4.78 is 118. The third-order valence-corrected chi connectivity index (χ3v) is 15.2. The first-order chi connectivity index (χ1) is 29.2. The topological polar surface area (TPSA) is 194 Å². The summed E-state index contributed by atoms with van der Waals surface area (Å²) in [6.45, 7) is 1.08. The second-order valence-corrected chi connectivity index (χ2v) is 19.4. The summed E-state index contributed by atoms with van der Waals surface area (Å²) in [5, 5.41) is 14.0. The van der Waals surface area contributed by atoms with Gasteiger partial charge in [0.15, 0.2) is 11.6 Å². The third kappa shape index (κ3) is 8.14. The summed E-state index contributed by atoms with van der Waals surface area (Å²) in [4.78, 5) is 62.4. The molecule has 7 rings (SSSR count). The summed E-state index contributed by atoms with van der Waals surface area (Å²) in [7, 11) is -3.27. The lowest BCUT2D eigenvalue weighted by Crippen LogP contribution is -2.70. The van der Waals surface area contributed by atoms with Crippen LogP contribution in [0.25, 0.3) is 10.8 Å². The number of hydrogen-bond donors (Lipinski definition) is 3. The Bertz CT molecular complexity index is 2240. The van der Waals surface area contributed by atoms with Crippen LogP contribution >= 0.6 is 0 Å². The zero-order chi connectivity index (χ0) is 45.0. The maximum Gasteiger partial charge on any atom is 0.437 e. The van der Waals surface area contributed by atoms with Gasteiger partial charge in [0.25, 0.3) is 5.91 Å². The van der Waals surface area contributed by atoms with E-state index in [1.54, 1.807) is 25.1 Å². The van der Waals surface area contributed by atoms with Gasteiger partial charge in [-0.1, -0.05) is 26.0 Å². The lowest BCUT2D eigenvalue weighted by atomic mass is 9.85. The fourth-order valence-electron chi connectivity index (χ4n) is 9.28. The molecule has 0 bridgehead atoms. The van der Waals surface area contributed by atoms with Gasteiger partial charge in [-0.15, -0.1) is 0 Å². The van der Waals surface area contributed by atoms with E-state index in [-0.39, 0.29) is 72.8 Å². The Hall–Kier alpha value is -4.79. The molecular weight excluding hydrogens is 850 g/mol. The molecule has 0 radical (unpaired) electrons. The number of amides is 4. The van der Waals surface area contributed by atoms with Gasteiger partial charge in [-0.05, 0) is 86.8 Å². The number of pyridine rings is 1. The molecule has 1 aromatic carbocycles. The van der Waals surface area contributed by atoms with Gasteiger partial charge in [-0.3, -0.25) is 24.0 Å². The van der Waals surface area contributed by atoms with Crippen molar-refractivity contribution in [1.82, 2.24) is 24.8 Å². The molecule has 1 unspecified atom stereocenters. The molecule has 4 heterocycles. The Morgan fingerprint density at radius 3 is 2.52 bits per heavy atom. The number of aromatic nitrogens is 1. The van der Waals surface area contributed by atoms with Gasteiger partial charge < -0.3 is 29.5 Å². The largest absolute Gasteiger partial charge is 0.494 e. The van der Waals surface area contributed by atoms with Crippen molar-refractivity contribution in [2.75, 3.05) is 26.9 Å². The molecule has 8 atom stereocenters. The van der Waals surface area contributed by atoms with Gasteiger partial charge >= 0.3 is 12.3 Å². The normalized spacial score (nSPS) is 32.0. The minimum atomic E-state index is -5.30. The second-order valence-electron chi connectivity index (χ2n) is 17.3. The number of hydrogen-bond acceptors (Lipinski definition) is 10. The molecule has 2 saturated heterocycles. The molecule has 5 aliphatic rings. The number of halogens is 5. The maximum absolute atomic E-state index is 15.3. The van der Waals surface area contributed by atoms with E-state index in [4.69, 9.17) is 14.2 Å². The SMILES string of the molecule is COc1cc2ccnc(O[C@@H]3C[C@H]4C(=O)N[C@]5(C(=O)NS(=O)(=O)C6(CF)CC6)C[C@H]5/C=C\CC[C@H](C)C[C@@H](C)[C@H](N(C(=O)O)C5(C(F)(F)F)CCCCO5)C(=O)N4C3)c2cc1F. The smallest absolute Gasteiger partial charge is 0.437 e. The monoisotopic (exact) mass is 899 g/mol. The molecule has 2 aromatic rings. The van der Waals surface area contributed by atoms with Crippen molar-refractivity contribution in [3.05, 3.63) is 42.4 Å². The minimum Gasteiger partial charge on any atom is -0.494 e. The number of methoxy groups -OCH3 is 1. The van der Waals surface area contributed by atoms with Crippen molar-refractivity contribution in [3.63, 3.8) is 0 Å². The summed E-state index contributed by atoms with van der Waals surface area (Å²) >= 11 is 0. The third-order valence-electron chi connectivity index (χ3n) is 13.1. The van der Waals surface area contributed by atoms with E-state index < -0.39 is 118 Å². The number of carboxylic acid groups (broad SMARTS) is 1. The van der Waals surface area contributed by atoms with Crippen molar-refractivity contribution in [2.24, 2.45) is 17.8 Å². The summed E-state index contributed by atoms with van der Waals surface area (Å²) in [6, 6.07) is 0.372. The zero-order valence-electron chi connectivity index (χ0n) is 34.4. The molecule has 15 nitrogen and oxygen atoms in total. The van der Waals surface area contributed by atoms with E-state index in [9.17, 15) is 36.7 Å². The van der Waals surface area contributed by atoms with Crippen LogP contribution in [0.1, 0.15) is 78.1 Å². The number of carbonyl (C=O) groups excluding carboxylic acids is 3. The second kappa shape index (κ2) is 16.7. The molecule has 2 saturated carbocycles.